The zero-order chi connectivity index (χ0) is 15.7. The number of rotatable bonds is 9. The Balaban J connectivity index is 0.00000441. The molecule has 1 rings (SSSR count). The molecule has 0 aliphatic heterocycles. The van der Waals surface area contributed by atoms with E-state index in [0.717, 1.165) is 38.6 Å². The third-order valence-electron chi connectivity index (χ3n) is 4.27. The lowest BCUT2D eigenvalue weighted by Gasteiger charge is -2.52. The van der Waals surface area contributed by atoms with Gasteiger partial charge in [0.2, 0.25) is 0 Å². The number of halogens is 1. The number of nitrogens with one attached hydrogen (secondary N) is 2. The quantitative estimate of drug-likeness (QED) is 0.257. The Kier molecular flexibility index (Phi) is 11.4. The second kappa shape index (κ2) is 11.5. The number of aliphatic imine (C=N–C) groups is 1. The summed E-state index contributed by atoms with van der Waals surface area (Å²) in [5.74, 6) is 0.847. The average molecular weight is 427 g/mol. The molecule has 1 fully saturated rings. The number of guanidine groups is 1. The molecule has 0 aromatic carbocycles. The van der Waals surface area contributed by atoms with Gasteiger partial charge in [0, 0.05) is 38.3 Å². The van der Waals surface area contributed by atoms with Crippen molar-refractivity contribution in [2.24, 2.45) is 10.4 Å². The van der Waals surface area contributed by atoms with Crippen molar-refractivity contribution in [3.05, 3.63) is 0 Å². The van der Waals surface area contributed by atoms with Crippen LogP contribution in [0.4, 0.5) is 0 Å². The van der Waals surface area contributed by atoms with Gasteiger partial charge in [0.15, 0.2) is 5.96 Å². The monoisotopic (exact) mass is 427 g/mol. The molecule has 1 aliphatic carbocycles. The molecule has 22 heavy (non-hydrogen) atoms. The molecular weight excluding hydrogens is 393 g/mol. The minimum absolute atomic E-state index is 0. The smallest absolute Gasteiger partial charge is 0.191 e. The fourth-order valence-corrected chi connectivity index (χ4v) is 2.53. The van der Waals surface area contributed by atoms with Gasteiger partial charge in [0.25, 0.3) is 0 Å². The first-order valence-electron chi connectivity index (χ1n) is 8.22. The average Bonchev–Trinajstić information content (AvgIpc) is 2.47. The van der Waals surface area contributed by atoms with E-state index < -0.39 is 0 Å². The third-order valence-corrected chi connectivity index (χ3v) is 4.27. The molecule has 0 radical (unpaired) electrons. The predicted molar refractivity (Wildman–Crippen MR) is 103 cm³/mol. The van der Waals surface area contributed by atoms with Crippen molar-refractivity contribution in [2.75, 3.05) is 33.4 Å². The normalized spacial score (nSPS) is 23.4. The number of nitrogens with zero attached hydrogens (tertiary/aromatic N) is 1. The van der Waals surface area contributed by atoms with Crippen LogP contribution in [0.25, 0.3) is 0 Å². The first-order chi connectivity index (χ1) is 10.1. The minimum atomic E-state index is 0. The summed E-state index contributed by atoms with van der Waals surface area (Å²) < 4.78 is 11.3. The molecule has 2 unspecified atom stereocenters. The second-order valence-corrected chi connectivity index (χ2v) is 6.16. The van der Waals surface area contributed by atoms with Gasteiger partial charge in [-0.2, -0.15) is 0 Å². The Morgan fingerprint density at radius 1 is 1.27 bits per heavy atom. The highest BCUT2D eigenvalue weighted by atomic mass is 127. The molecule has 6 heteroatoms. The van der Waals surface area contributed by atoms with E-state index in [-0.39, 0.29) is 29.4 Å². The molecule has 0 bridgehead atoms. The first-order valence-corrected chi connectivity index (χ1v) is 8.22. The van der Waals surface area contributed by atoms with Crippen LogP contribution in [0.1, 0.15) is 47.0 Å². The van der Waals surface area contributed by atoms with E-state index in [1.807, 2.05) is 6.92 Å². The molecule has 0 amide bonds. The van der Waals surface area contributed by atoms with Crippen molar-refractivity contribution >= 4 is 29.9 Å². The number of hydrogen-bond donors (Lipinski definition) is 2. The Morgan fingerprint density at radius 3 is 2.55 bits per heavy atom. The lowest BCUT2D eigenvalue weighted by Crippen LogP contribution is -2.63. The Morgan fingerprint density at radius 2 is 2.00 bits per heavy atom. The van der Waals surface area contributed by atoms with E-state index in [0.29, 0.717) is 18.8 Å². The van der Waals surface area contributed by atoms with Crippen molar-refractivity contribution in [1.29, 1.82) is 0 Å². The van der Waals surface area contributed by atoms with Gasteiger partial charge in [-0.3, -0.25) is 4.99 Å². The lowest BCUT2D eigenvalue weighted by molar-refractivity contribution is -0.113. The van der Waals surface area contributed by atoms with Gasteiger partial charge in [0.05, 0.1) is 12.7 Å². The fourth-order valence-electron chi connectivity index (χ4n) is 2.53. The van der Waals surface area contributed by atoms with E-state index in [4.69, 9.17) is 9.47 Å². The van der Waals surface area contributed by atoms with Crippen LogP contribution >= 0.6 is 24.0 Å². The molecule has 0 aromatic heterocycles. The van der Waals surface area contributed by atoms with Crippen LogP contribution in [0, 0.1) is 5.41 Å². The molecule has 0 aromatic rings. The standard InChI is InChI=1S/C16H33N3O2.HI/c1-6-8-10-21-14-12-13(16(14,3)4)19-15(17-5)18-9-11-20-7-2;/h13-14H,6-12H2,1-5H3,(H2,17,18,19);1H. The molecule has 2 N–H and O–H groups in total. The topological polar surface area (TPSA) is 54.9 Å². The van der Waals surface area contributed by atoms with Crippen LogP contribution < -0.4 is 10.6 Å². The van der Waals surface area contributed by atoms with E-state index in [1.165, 1.54) is 6.42 Å². The van der Waals surface area contributed by atoms with Crippen molar-refractivity contribution in [1.82, 2.24) is 10.6 Å². The Hall–Kier alpha value is -0.0800. The Labute approximate surface area is 153 Å². The van der Waals surface area contributed by atoms with Gasteiger partial charge < -0.3 is 20.1 Å². The second-order valence-electron chi connectivity index (χ2n) is 6.16. The van der Waals surface area contributed by atoms with E-state index in [1.54, 1.807) is 7.05 Å². The molecule has 2 atom stereocenters. The zero-order valence-electron chi connectivity index (χ0n) is 14.8. The first kappa shape index (κ1) is 21.9. The van der Waals surface area contributed by atoms with E-state index in [9.17, 15) is 0 Å². The molecule has 1 aliphatic rings. The summed E-state index contributed by atoms with van der Waals surface area (Å²) in [4.78, 5) is 4.27. The fraction of sp³-hybridized carbons (Fsp3) is 0.938. The number of ether oxygens (including phenoxy) is 2. The van der Waals surface area contributed by atoms with Gasteiger partial charge in [0.1, 0.15) is 0 Å². The summed E-state index contributed by atoms with van der Waals surface area (Å²) in [6.45, 7) is 11.8. The van der Waals surface area contributed by atoms with Crippen molar-refractivity contribution in [3.8, 4) is 0 Å². The highest BCUT2D eigenvalue weighted by Crippen LogP contribution is 2.42. The van der Waals surface area contributed by atoms with Crippen LogP contribution in [-0.2, 0) is 9.47 Å². The summed E-state index contributed by atoms with van der Waals surface area (Å²) in [5, 5.41) is 6.78. The number of unbranched alkanes of at least 4 members (excludes halogenated alkanes) is 1. The maximum Gasteiger partial charge on any atom is 0.191 e. The van der Waals surface area contributed by atoms with Gasteiger partial charge in [-0.15, -0.1) is 24.0 Å². The summed E-state index contributed by atoms with van der Waals surface area (Å²) in [7, 11) is 1.80. The summed E-state index contributed by atoms with van der Waals surface area (Å²) in [6, 6.07) is 0.405. The van der Waals surface area contributed by atoms with Gasteiger partial charge in [-0.05, 0) is 19.8 Å². The summed E-state index contributed by atoms with van der Waals surface area (Å²) in [5.41, 5.74) is 0.144. The van der Waals surface area contributed by atoms with Gasteiger partial charge in [-0.25, -0.2) is 0 Å². The molecule has 5 nitrogen and oxygen atoms in total. The van der Waals surface area contributed by atoms with Crippen LogP contribution in [0.2, 0.25) is 0 Å². The van der Waals surface area contributed by atoms with Crippen molar-refractivity contribution < 1.29 is 9.47 Å². The lowest BCUT2D eigenvalue weighted by atomic mass is 9.64. The van der Waals surface area contributed by atoms with E-state index in [2.05, 4.69) is 36.4 Å². The molecule has 1 saturated carbocycles. The maximum absolute atomic E-state index is 5.97. The van der Waals surface area contributed by atoms with Gasteiger partial charge in [-0.1, -0.05) is 27.2 Å². The summed E-state index contributed by atoms with van der Waals surface area (Å²) in [6.07, 6.45) is 3.72. The molecule has 0 spiro atoms. The number of hydrogen-bond acceptors (Lipinski definition) is 3. The van der Waals surface area contributed by atoms with Gasteiger partial charge >= 0.3 is 0 Å². The minimum Gasteiger partial charge on any atom is -0.380 e. The van der Waals surface area contributed by atoms with Crippen molar-refractivity contribution in [2.45, 2.75) is 59.1 Å². The largest absolute Gasteiger partial charge is 0.380 e. The highest BCUT2D eigenvalue weighted by Gasteiger charge is 2.49. The van der Waals surface area contributed by atoms with Crippen LogP contribution in [0.3, 0.4) is 0 Å². The maximum atomic E-state index is 5.97. The van der Waals surface area contributed by atoms with Crippen molar-refractivity contribution in [3.63, 3.8) is 0 Å². The SMILES string of the molecule is CCCCOC1CC(NC(=NC)NCCOCC)C1(C)C.I. The highest BCUT2D eigenvalue weighted by molar-refractivity contribution is 14.0. The van der Waals surface area contributed by atoms with E-state index >= 15 is 0 Å². The molecular formula is C16H34IN3O2. The predicted octanol–water partition coefficient (Wildman–Crippen LogP) is 2.79. The third kappa shape index (κ3) is 6.58. The molecule has 0 heterocycles. The molecule has 132 valence electrons. The van der Waals surface area contributed by atoms with Crippen LogP contribution in [-0.4, -0.2) is 51.5 Å². The summed E-state index contributed by atoms with van der Waals surface area (Å²) >= 11 is 0. The zero-order valence-corrected chi connectivity index (χ0v) is 17.1. The van der Waals surface area contributed by atoms with Crippen LogP contribution in [0.15, 0.2) is 4.99 Å². The van der Waals surface area contributed by atoms with Crippen LogP contribution in [0.5, 0.6) is 0 Å². The Bertz CT molecular complexity index is 325. The molecule has 0 saturated heterocycles.